The van der Waals surface area contributed by atoms with Gasteiger partial charge < -0.3 is 9.67 Å². The van der Waals surface area contributed by atoms with Gasteiger partial charge in [0, 0.05) is 23.0 Å². The highest BCUT2D eigenvalue weighted by atomic mass is 16.4. The number of benzene rings is 1. The largest absolute Gasteiger partial charge is 0.481 e. The minimum Gasteiger partial charge on any atom is -0.481 e. The number of ketones is 1. The predicted octanol–water partition coefficient (Wildman–Crippen LogP) is 3.12. The lowest BCUT2D eigenvalue weighted by Gasteiger charge is -2.19. The van der Waals surface area contributed by atoms with Crippen LogP contribution in [0, 0.1) is 0 Å². The minimum atomic E-state index is -0.770. The molecule has 1 aromatic heterocycles. The highest BCUT2D eigenvalue weighted by Crippen LogP contribution is 2.37. The van der Waals surface area contributed by atoms with Crippen molar-refractivity contribution in [1.29, 1.82) is 0 Å². The van der Waals surface area contributed by atoms with Crippen molar-refractivity contribution >= 4 is 22.7 Å². The molecule has 0 spiro atoms. The average Bonchev–Trinajstić information content (AvgIpc) is 2.78. The molecule has 0 amide bonds. The van der Waals surface area contributed by atoms with Gasteiger partial charge in [-0.15, -0.1) is 0 Å². The number of carbonyl (C=O) groups is 2. The summed E-state index contributed by atoms with van der Waals surface area (Å²) in [6.07, 6.45) is 2.62. The topological polar surface area (TPSA) is 59.3 Å². The molecule has 3 rings (SSSR count). The molecule has 1 aromatic carbocycles. The number of carboxylic acids is 1. The van der Waals surface area contributed by atoms with Gasteiger partial charge >= 0.3 is 5.97 Å². The fourth-order valence-electron chi connectivity index (χ4n) is 3.42. The summed E-state index contributed by atoms with van der Waals surface area (Å²) in [5.74, 6) is -1.03. The first-order valence-corrected chi connectivity index (χ1v) is 7.48. The van der Waals surface area contributed by atoms with Gasteiger partial charge in [-0.05, 0) is 24.5 Å². The highest BCUT2D eigenvalue weighted by molar-refractivity contribution is 5.93. The van der Waals surface area contributed by atoms with Gasteiger partial charge in [-0.3, -0.25) is 9.59 Å². The fraction of sp³-hybridized carbons (Fsp3) is 0.412. The molecule has 0 aliphatic carbocycles. The Morgan fingerprint density at radius 2 is 2.10 bits per heavy atom. The Hall–Kier alpha value is -2.10. The van der Waals surface area contributed by atoms with E-state index in [-0.39, 0.29) is 5.78 Å². The molecule has 1 N–H and O–H groups in total. The Morgan fingerprint density at radius 1 is 1.33 bits per heavy atom. The van der Waals surface area contributed by atoms with Crippen molar-refractivity contribution in [2.24, 2.45) is 0 Å². The molecule has 0 saturated carbocycles. The van der Waals surface area contributed by atoms with Crippen LogP contribution in [0.5, 0.6) is 0 Å². The molecule has 0 saturated heterocycles. The summed E-state index contributed by atoms with van der Waals surface area (Å²) in [7, 11) is 0. The van der Waals surface area contributed by atoms with Gasteiger partial charge in [-0.2, -0.15) is 0 Å². The van der Waals surface area contributed by atoms with Crippen molar-refractivity contribution in [3.8, 4) is 0 Å². The van der Waals surface area contributed by atoms with Crippen LogP contribution in [-0.2, 0) is 22.6 Å². The van der Waals surface area contributed by atoms with Crippen molar-refractivity contribution in [3.63, 3.8) is 0 Å². The molecule has 110 valence electrons. The predicted molar refractivity (Wildman–Crippen MR) is 80.6 cm³/mol. The third-order valence-electron chi connectivity index (χ3n) is 4.32. The third-order valence-corrected chi connectivity index (χ3v) is 4.32. The molecule has 1 aliphatic rings. The van der Waals surface area contributed by atoms with E-state index in [4.69, 9.17) is 0 Å². The quantitative estimate of drug-likeness (QED) is 0.939. The van der Waals surface area contributed by atoms with Gasteiger partial charge in [0.05, 0.1) is 12.5 Å². The number of rotatable bonds is 4. The first-order valence-electron chi connectivity index (χ1n) is 7.48. The maximum Gasteiger partial charge on any atom is 0.311 e. The van der Waals surface area contributed by atoms with Crippen LogP contribution in [0.3, 0.4) is 0 Å². The van der Waals surface area contributed by atoms with E-state index in [9.17, 15) is 14.7 Å². The summed E-state index contributed by atoms with van der Waals surface area (Å²) < 4.78 is 2.02. The lowest BCUT2D eigenvalue weighted by atomic mass is 9.90. The van der Waals surface area contributed by atoms with Crippen molar-refractivity contribution in [3.05, 3.63) is 35.5 Å². The molecular formula is C17H19NO3. The maximum atomic E-state index is 11.8. The van der Waals surface area contributed by atoms with E-state index in [2.05, 4.69) is 0 Å². The van der Waals surface area contributed by atoms with Crippen molar-refractivity contribution < 1.29 is 14.7 Å². The first-order chi connectivity index (χ1) is 10.1. The van der Waals surface area contributed by atoms with E-state index in [1.165, 1.54) is 0 Å². The van der Waals surface area contributed by atoms with Crippen LogP contribution < -0.4 is 0 Å². The minimum absolute atomic E-state index is 0.220. The number of carboxylic acid groups (broad SMARTS) is 1. The number of carbonyl (C=O) groups excluding carboxylic acids is 1. The Morgan fingerprint density at radius 3 is 2.81 bits per heavy atom. The summed E-state index contributed by atoms with van der Waals surface area (Å²) in [4.78, 5) is 23.5. The van der Waals surface area contributed by atoms with Crippen LogP contribution in [0.25, 0.3) is 10.9 Å². The molecule has 0 radical (unpaired) electrons. The number of fused-ring (bicyclic) bond motifs is 3. The van der Waals surface area contributed by atoms with E-state index in [0.29, 0.717) is 25.8 Å². The maximum absolute atomic E-state index is 11.8. The normalized spacial score (nSPS) is 16.0. The van der Waals surface area contributed by atoms with Crippen LogP contribution in [0.1, 0.15) is 43.4 Å². The lowest BCUT2D eigenvalue weighted by molar-refractivity contribution is -0.139. The molecule has 1 aliphatic heterocycles. The summed E-state index contributed by atoms with van der Waals surface area (Å²) >= 11 is 0. The van der Waals surface area contributed by atoms with Crippen LogP contribution in [0.4, 0.5) is 0 Å². The molecule has 4 heteroatoms. The molecular weight excluding hydrogens is 266 g/mol. The second-order valence-corrected chi connectivity index (χ2v) is 5.68. The molecule has 2 heterocycles. The number of hydrogen-bond acceptors (Lipinski definition) is 2. The Labute approximate surface area is 123 Å². The van der Waals surface area contributed by atoms with Gasteiger partial charge in [0.15, 0.2) is 5.78 Å². The van der Waals surface area contributed by atoms with E-state index < -0.39 is 11.9 Å². The van der Waals surface area contributed by atoms with Crippen molar-refractivity contribution in [2.75, 3.05) is 0 Å². The standard InChI is InChI=1S/C17H19NO3/c1-2-5-13(17(20)21)16-12-6-3-4-7-14(12)18-10-11(19)8-9-15(16)18/h3-4,6-7,13H,2,5,8-10H2,1H3,(H,20,21). The van der Waals surface area contributed by atoms with Crippen LogP contribution in [0.15, 0.2) is 24.3 Å². The number of Topliss-reactive ketones (excluding diaryl/α,β-unsaturated/α-hetero) is 1. The van der Waals surface area contributed by atoms with E-state index in [1.807, 2.05) is 35.8 Å². The Kier molecular flexibility index (Phi) is 3.53. The second-order valence-electron chi connectivity index (χ2n) is 5.68. The molecule has 4 nitrogen and oxygen atoms in total. The van der Waals surface area contributed by atoms with E-state index in [1.54, 1.807) is 0 Å². The fourth-order valence-corrected chi connectivity index (χ4v) is 3.42. The zero-order valence-corrected chi connectivity index (χ0v) is 12.1. The average molecular weight is 285 g/mol. The third kappa shape index (κ3) is 2.24. The van der Waals surface area contributed by atoms with Crippen LogP contribution in [-0.4, -0.2) is 21.4 Å². The van der Waals surface area contributed by atoms with E-state index >= 15 is 0 Å². The van der Waals surface area contributed by atoms with Crippen molar-refractivity contribution in [2.45, 2.75) is 45.1 Å². The lowest BCUT2D eigenvalue weighted by Crippen LogP contribution is -2.21. The van der Waals surface area contributed by atoms with Gasteiger partial charge in [0.25, 0.3) is 0 Å². The Bertz CT molecular complexity index is 714. The van der Waals surface area contributed by atoms with Gasteiger partial charge in [0.1, 0.15) is 0 Å². The first kappa shape index (κ1) is 13.9. The number of aliphatic carboxylic acids is 1. The Balaban J connectivity index is 2.26. The SMILES string of the molecule is CCCC(C(=O)O)c1c2n(c3ccccc13)CC(=O)CC2. The molecule has 1 atom stereocenters. The van der Waals surface area contributed by atoms with Crippen molar-refractivity contribution in [1.82, 2.24) is 4.57 Å². The number of para-hydroxylation sites is 1. The summed E-state index contributed by atoms with van der Waals surface area (Å²) in [6, 6.07) is 7.83. The molecule has 1 unspecified atom stereocenters. The second kappa shape index (κ2) is 5.35. The summed E-state index contributed by atoms with van der Waals surface area (Å²) in [5, 5.41) is 10.6. The van der Waals surface area contributed by atoms with Crippen LogP contribution >= 0.6 is 0 Å². The summed E-state index contributed by atoms with van der Waals surface area (Å²) in [5.41, 5.74) is 2.95. The molecule has 0 bridgehead atoms. The monoisotopic (exact) mass is 285 g/mol. The van der Waals surface area contributed by atoms with Gasteiger partial charge in [-0.1, -0.05) is 31.5 Å². The summed E-state index contributed by atoms with van der Waals surface area (Å²) in [6.45, 7) is 2.37. The molecule has 21 heavy (non-hydrogen) atoms. The molecule has 0 fully saturated rings. The zero-order valence-electron chi connectivity index (χ0n) is 12.1. The van der Waals surface area contributed by atoms with Gasteiger partial charge in [-0.25, -0.2) is 0 Å². The zero-order chi connectivity index (χ0) is 15.0. The molecule has 2 aromatic rings. The smallest absolute Gasteiger partial charge is 0.311 e. The number of hydrogen-bond donors (Lipinski definition) is 1. The van der Waals surface area contributed by atoms with E-state index in [0.717, 1.165) is 28.6 Å². The highest BCUT2D eigenvalue weighted by Gasteiger charge is 2.30. The van der Waals surface area contributed by atoms with Crippen LogP contribution in [0.2, 0.25) is 0 Å². The number of nitrogens with zero attached hydrogens (tertiary/aromatic N) is 1. The number of aromatic nitrogens is 1. The van der Waals surface area contributed by atoms with Gasteiger partial charge in [0.2, 0.25) is 0 Å².